The van der Waals surface area contributed by atoms with Gasteiger partial charge < -0.3 is 10.1 Å². The van der Waals surface area contributed by atoms with E-state index in [0.29, 0.717) is 10.9 Å². The Balaban J connectivity index is 2.42. The van der Waals surface area contributed by atoms with Crippen LogP contribution < -0.4 is 20.9 Å². The molecule has 0 spiro atoms. The Morgan fingerprint density at radius 2 is 2.06 bits per heavy atom. The standard InChI is InChI=1S/C12H17N3O2S/c1-8-4-5-9(2)10(6-8)17-7-11(16)14-15-12(18)13-3/h4-6H,7H2,1-3H3,(H,14,16)(H2,13,15,18). The Morgan fingerprint density at radius 3 is 2.72 bits per heavy atom. The number of carbonyl (C=O) groups is 1. The maximum absolute atomic E-state index is 11.4. The highest BCUT2D eigenvalue weighted by molar-refractivity contribution is 7.80. The van der Waals surface area contributed by atoms with Gasteiger partial charge in [0.25, 0.3) is 5.91 Å². The van der Waals surface area contributed by atoms with Gasteiger partial charge in [-0.05, 0) is 43.3 Å². The summed E-state index contributed by atoms with van der Waals surface area (Å²) in [6.07, 6.45) is 0. The third-order valence-electron chi connectivity index (χ3n) is 2.24. The second-order valence-corrected chi connectivity index (χ2v) is 4.22. The molecule has 0 aliphatic heterocycles. The molecule has 0 aliphatic carbocycles. The summed E-state index contributed by atoms with van der Waals surface area (Å²) < 4.78 is 5.43. The summed E-state index contributed by atoms with van der Waals surface area (Å²) in [5.74, 6) is 0.412. The molecular weight excluding hydrogens is 250 g/mol. The number of rotatable bonds is 3. The molecule has 0 atom stereocenters. The Kier molecular flexibility index (Phi) is 5.38. The Morgan fingerprint density at radius 1 is 1.33 bits per heavy atom. The zero-order valence-electron chi connectivity index (χ0n) is 10.7. The monoisotopic (exact) mass is 267 g/mol. The highest BCUT2D eigenvalue weighted by Crippen LogP contribution is 2.18. The van der Waals surface area contributed by atoms with Crippen LogP contribution in [0.2, 0.25) is 0 Å². The number of thiocarbonyl (C=S) groups is 1. The summed E-state index contributed by atoms with van der Waals surface area (Å²) >= 11 is 4.81. The van der Waals surface area contributed by atoms with Crippen LogP contribution in [-0.2, 0) is 4.79 Å². The molecule has 98 valence electrons. The second-order valence-electron chi connectivity index (χ2n) is 3.81. The fraction of sp³-hybridized carbons (Fsp3) is 0.333. The van der Waals surface area contributed by atoms with Crippen molar-refractivity contribution in [2.45, 2.75) is 13.8 Å². The lowest BCUT2D eigenvalue weighted by molar-refractivity contribution is -0.123. The second kappa shape index (κ2) is 6.80. The molecule has 1 aromatic carbocycles. The first-order valence-corrected chi connectivity index (χ1v) is 5.90. The molecule has 0 fully saturated rings. The van der Waals surface area contributed by atoms with Crippen LogP contribution in [0.3, 0.4) is 0 Å². The Hall–Kier alpha value is -1.82. The van der Waals surface area contributed by atoms with E-state index in [-0.39, 0.29) is 12.5 Å². The molecule has 1 aromatic rings. The van der Waals surface area contributed by atoms with Crippen LogP contribution >= 0.6 is 12.2 Å². The molecule has 3 N–H and O–H groups in total. The van der Waals surface area contributed by atoms with Crippen LogP contribution in [0.4, 0.5) is 0 Å². The van der Waals surface area contributed by atoms with Gasteiger partial charge in [-0.2, -0.15) is 0 Å². The van der Waals surface area contributed by atoms with Gasteiger partial charge in [-0.25, -0.2) is 0 Å². The average Bonchev–Trinajstić information content (AvgIpc) is 2.36. The van der Waals surface area contributed by atoms with E-state index in [0.717, 1.165) is 11.1 Å². The molecule has 6 heteroatoms. The number of nitrogens with one attached hydrogen (secondary N) is 3. The van der Waals surface area contributed by atoms with E-state index >= 15 is 0 Å². The first kappa shape index (κ1) is 14.2. The maximum atomic E-state index is 11.4. The van der Waals surface area contributed by atoms with Crippen LogP contribution in [0.5, 0.6) is 5.75 Å². The number of ether oxygens (including phenoxy) is 1. The minimum atomic E-state index is -0.298. The number of hydrogen-bond acceptors (Lipinski definition) is 3. The molecule has 1 rings (SSSR count). The third-order valence-corrected chi connectivity index (χ3v) is 2.55. The number of benzene rings is 1. The van der Waals surface area contributed by atoms with E-state index in [1.54, 1.807) is 7.05 Å². The van der Waals surface area contributed by atoms with E-state index in [2.05, 4.69) is 16.2 Å². The van der Waals surface area contributed by atoms with Gasteiger partial charge in [-0.1, -0.05) is 12.1 Å². The topological polar surface area (TPSA) is 62.4 Å². The molecule has 5 nitrogen and oxygen atoms in total. The first-order chi connectivity index (χ1) is 8.52. The van der Waals surface area contributed by atoms with Crippen molar-refractivity contribution in [1.29, 1.82) is 0 Å². The highest BCUT2D eigenvalue weighted by Gasteiger charge is 2.05. The molecule has 1 amide bonds. The molecule has 0 saturated carbocycles. The van der Waals surface area contributed by atoms with Crippen molar-refractivity contribution < 1.29 is 9.53 Å². The van der Waals surface area contributed by atoms with Gasteiger partial charge >= 0.3 is 0 Å². The van der Waals surface area contributed by atoms with Crippen LogP contribution in [0.25, 0.3) is 0 Å². The number of carbonyl (C=O) groups excluding carboxylic acids is 1. The van der Waals surface area contributed by atoms with Gasteiger partial charge in [-0.3, -0.25) is 15.6 Å². The molecule has 0 aromatic heterocycles. The predicted octanol–water partition coefficient (Wildman–Crippen LogP) is 0.807. The fourth-order valence-electron chi connectivity index (χ4n) is 1.23. The van der Waals surface area contributed by atoms with E-state index < -0.39 is 0 Å². The lowest BCUT2D eigenvalue weighted by Gasteiger charge is -2.11. The third kappa shape index (κ3) is 4.58. The van der Waals surface area contributed by atoms with Gasteiger partial charge in [0.2, 0.25) is 0 Å². The number of hydrogen-bond donors (Lipinski definition) is 3. The summed E-state index contributed by atoms with van der Waals surface area (Å²) in [7, 11) is 1.66. The number of amides is 1. The Bertz CT molecular complexity index is 449. The molecular formula is C12H17N3O2S. The van der Waals surface area contributed by atoms with Crippen LogP contribution in [0, 0.1) is 13.8 Å². The molecule has 0 bridgehead atoms. The minimum absolute atomic E-state index is 0.0659. The maximum Gasteiger partial charge on any atom is 0.276 e. The van der Waals surface area contributed by atoms with Crippen molar-refractivity contribution in [2.75, 3.05) is 13.7 Å². The quantitative estimate of drug-likeness (QED) is 0.559. The zero-order chi connectivity index (χ0) is 13.5. The fourth-order valence-corrected chi connectivity index (χ4v) is 1.28. The van der Waals surface area contributed by atoms with E-state index in [1.807, 2.05) is 32.0 Å². The van der Waals surface area contributed by atoms with E-state index in [1.165, 1.54) is 0 Å². The van der Waals surface area contributed by atoms with Crippen molar-refractivity contribution in [3.63, 3.8) is 0 Å². The lowest BCUT2D eigenvalue weighted by Crippen LogP contribution is -2.47. The Labute approximate surface area is 112 Å². The van der Waals surface area contributed by atoms with Crippen molar-refractivity contribution in [3.8, 4) is 5.75 Å². The number of hydrazine groups is 1. The normalized spacial score (nSPS) is 9.50. The summed E-state index contributed by atoms with van der Waals surface area (Å²) in [5.41, 5.74) is 7.04. The van der Waals surface area contributed by atoms with Crippen molar-refractivity contribution >= 4 is 23.2 Å². The average molecular weight is 267 g/mol. The smallest absolute Gasteiger partial charge is 0.276 e. The first-order valence-electron chi connectivity index (χ1n) is 5.49. The van der Waals surface area contributed by atoms with Gasteiger partial charge in [-0.15, -0.1) is 0 Å². The molecule has 0 heterocycles. The van der Waals surface area contributed by atoms with E-state index in [4.69, 9.17) is 17.0 Å². The van der Waals surface area contributed by atoms with Gasteiger partial charge in [0, 0.05) is 7.05 Å². The molecule has 0 unspecified atom stereocenters. The van der Waals surface area contributed by atoms with Crippen LogP contribution in [-0.4, -0.2) is 24.7 Å². The molecule has 18 heavy (non-hydrogen) atoms. The van der Waals surface area contributed by atoms with Gasteiger partial charge in [0.05, 0.1) is 0 Å². The van der Waals surface area contributed by atoms with Crippen molar-refractivity contribution in [3.05, 3.63) is 29.3 Å². The highest BCUT2D eigenvalue weighted by atomic mass is 32.1. The van der Waals surface area contributed by atoms with Crippen molar-refractivity contribution in [2.24, 2.45) is 0 Å². The van der Waals surface area contributed by atoms with Crippen LogP contribution in [0.15, 0.2) is 18.2 Å². The van der Waals surface area contributed by atoms with Gasteiger partial charge in [0.15, 0.2) is 11.7 Å². The van der Waals surface area contributed by atoms with E-state index in [9.17, 15) is 4.79 Å². The zero-order valence-corrected chi connectivity index (χ0v) is 11.5. The van der Waals surface area contributed by atoms with Gasteiger partial charge in [0.1, 0.15) is 5.75 Å². The van der Waals surface area contributed by atoms with Crippen LogP contribution in [0.1, 0.15) is 11.1 Å². The molecule has 0 radical (unpaired) electrons. The summed E-state index contributed by atoms with van der Waals surface area (Å²) in [4.78, 5) is 11.4. The summed E-state index contributed by atoms with van der Waals surface area (Å²) in [6.45, 7) is 3.84. The summed E-state index contributed by atoms with van der Waals surface area (Å²) in [5, 5.41) is 3.02. The number of aryl methyl sites for hydroxylation is 2. The molecule has 0 saturated heterocycles. The van der Waals surface area contributed by atoms with Crippen molar-refractivity contribution in [1.82, 2.24) is 16.2 Å². The minimum Gasteiger partial charge on any atom is -0.483 e. The predicted molar refractivity (Wildman–Crippen MR) is 74.3 cm³/mol. The largest absolute Gasteiger partial charge is 0.483 e. The summed E-state index contributed by atoms with van der Waals surface area (Å²) in [6, 6.07) is 5.85. The molecule has 0 aliphatic rings. The lowest BCUT2D eigenvalue weighted by atomic mass is 10.1. The SMILES string of the molecule is CNC(=S)NNC(=O)COc1cc(C)ccc1C.